The van der Waals surface area contributed by atoms with Crippen LogP contribution in [0.4, 0.5) is 13.2 Å². The van der Waals surface area contributed by atoms with Crippen molar-refractivity contribution in [3.05, 3.63) is 70.8 Å². The lowest BCUT2D eigenvalue weighted by Crippen LogP contribution is -2.48. The lowest BCUT2D eigenvalue weighted by Gasteiger charge is -2.35. The minimum atomic E-state index is -4.56. The molecule has 1 aliphatic carbocycles. The number of benzene rings is 2. The summed E-state index contributed by atoms with van der Waals surface area (Å²) in [5.41, 5.74) is 0.868. The Labute approximate surface area is 261 Å². The summed E-state index contributed by atoms with van der Waals surface area (Å²) in [5, 5.41) is 5.38. The zero-order valence-corrected chi connectivity index (χ0v) is 25.5. The normalized spacial score (nSPS) is 24.3. The van der Waals surface area contributed by atoms with Crippen LogP contribution in [0.5, 0.6) is 0 Å². The zero-order valence-electron chi connectivity index (χ0n) is 25.5. The summed E-state index contributed by atoms with van der Waals surface area (Å²) in [7, 11) is 0. The minimum absolute atomic E-state index is 0.0474. The van der Waals surface area contributed by atoms with Gasteiger partial charge in [-0.05, 0) is 74.4 Å². The summed E-state index contributed by atoms with van der Waals surface area (Å²) in [6.07, 6.45) is -0.706. The van der Waals surface area contributed by atoms with Gasteiger partial charge in [-0.1, -0.05) is 18.2 Å². The number of alkyl halides is 3. The van der Waals surface area contributed by atoms with Gasteiger partial charge in [-0.25, -0.2) is 0 Å². The number of likely N-dealkylation sites (tertiary alicyclic amines) is 1. The van der Waals surface area contributed by atoms with Crippen molar-refractivity contribution < 1.29 is 37.0 Å². The molecule has 0 unspecified atom stereocenters. The van der Waals surface area contributed by atoms with Crippen molar-refractivity contribution in [1.29, 1.82) is 0 Å². The van der Waals surface area contributed by atoms with Gasteiger partial charge >= 0.3 is 6.18 Å². The van der Waals surface area contributed by atoms with Gasteiger partial charge in [-0.2, -0.15) is 13.2 Å². The van der Waals surface area contributed by atoms with Crippen LogP contribution in [0.1, 0.15) is 70.4 Å². The van der Waals surface area contributed by atoms with Crippen LogP contribution in [0.25, 0.3) is 0 Å². The summed E-state index contributed by atoms with van der Waals surface area (Å²) in [6, 6.07) is 12.2. The van der Waals surface area contributed by atoms with Gasteiger partial charge in [-0.3, -0.25) is 19.3 Å². The minimum Gasteiger partial charge on any atom is -0.378 e. The van der Waals surface area contributed by atoms with Crippen LogP contribution < -0.4 is 10.6 Å². The molecule has 45 heavy (non-hydrogen) atoms. The van der Waals surface area contributed by atoms with E-state index in [4.69, 9.17) is 9.47 Å². The molecule has 1 saturated carbocycles. The second-order valence-corrected chi connectivity index (χ2v) is 11.9. The van der Waals surface area contributed by atoms with Gasteiger partial charge in [-0.15, -0.1) is 0 Å². The molecule has 0 spiro atoms. The molecule has 3 fully saturated rings. The van der Waals surface area contributed by atoms with Crippen molar-refractivity contribution in [2.24, 2.45) is 0 Å². The van der Waals surface area contributed by atoms with Crippen LogP contribution in [0.3, 0.4) is 0 Å². The summed E-state index contributed by atoms with van der Waals surface area (Å²) in [6.45, 7) is 5.74. The van der Waals surface area contributed by atoms with E-state index >= 15 is 0 Å². The van der Waals surface area contributed by atoms with Gasteiger partial charge < -0.3 is 25.0 Å². The van der Waals surface area contributed by atoms with Crippen molar-refractivity contribution in [1.82, 2.24) is 20.4 Å². The van der Waals surface area contributed by atoms with Crippen LogP contribution in [-0.2, 0) is 20.4 Å². The van der Waals surface area contributed by atoms with Gasteiger partial charge in [0.2, 0.25) is 5.91 Å². The third kappa shape index (κ3) is 8.42. The number of nitrogens with zero attached hydrogens (tertiary/aromatic N) is 2. The molecule has 12 heteroatoms. The monoisotopic (exact) mass is 630 g/mol. The first-order valence-corrected chi connectivity index (χ1v) is 15.7. The third-order valence-corrected chi connectivity index (χ3v) is 9.02. The van der Waals surface area contributed by atoms with Gasteiger partial charge in [0.05, 0.1) is 37.5 Å². The zero-order chi connectivity index (χ0) is 32.0. The van der Waals surface area contributed by atoms with E-state index in [0.717, 1.165) is 43.9 Å². The Bertz CT molecular complexity index is 1320. The van der Waals surface area contributed by atoms with Crippen molar-refractivity contribution >= 4 is 17.7 Å². The highest BCUT2D eigenvalue weighted by molar-refractivity contribution is 5.96. The molecule has 244 valence electrons. The van der Waals surface area contributed by atoms with Crippen molar-refractivity contribution in [3.8, 4) is 0 Å². The van der Waals surface area contributed by atoms with Crippen LogP contribution in [0.15, 0.2) is 48.5 Å². The molecule has 5 rings (SSSR count). The third-order valence-electron chi connectivity index (χ3n) is 9.02. The SMILES string of the molecule is CCO[C@H]1CN(C2CCC(c3ccc(C(=O)N4CCOCC4)cc3)CC2)C[C@@H]1NC(=O)CNC(=O)c1cccc(C(F)(F)F)c1. The van der Waals surface area contributed by atoms with E-state index < -0.39 is 23.6 Å². The van der Waals surface area contributed by atoms with Gasteiger partial charge in [0, 0.05) is 50.0 Å². The largest absolute Gasteiger partial charge is 0.416 e. The first-order valence-electron chi connectivity index (χ1n) is 15.7. The topological polar surface area (TPSA) is 100 Å². The predicted molar refractivity (Wildman–Crippen MR) is 161 cm³/mol. The molecule has 2 saturated heterocycles. The van der Waals surface area contributed by atoms with Crippen molar-refractivity contribution in [2.45, 2.75) is 62.9 Å². The summed E-state index contributed by atoms with van der Waals surface area (Å²) in [4.78, 5) is 42.1. The maximum absolute atomic E-state index is 13.0. The maximum atomic E-state index is 13.0. The maximum Gasteiger partial charge on any atom is 0.416 e. The van der Waals surface area contributed by atoms with Crippen molar-refractivity contribution in [2.75, 3.05) is 52.5 Å². The molecule has 2 N–H and O–H groups in total. The van der Waals surface area contributed by atoms with E-state index in [1.165, 1.54) is 11.6 Å². The number of amides is 3. The van der Waals surface area contributed by atoms with Crippen LogP contribution in [0.2, 0.25) is 0 Å². The van der Waals surface area contributed by atoms with Crippen LogP contribution >= 0.6 is 0 Å². The molecule has 0 aromatic heterocycles. The molecular formula is C33H41F3N4O5. The molecule has 9 nitrogen and oxygen atoms in total. The fourth-order valence-corrected chi connectivity index (χ4v) is 6.60. The second kappa shape index (κ2) is 14.7. The smallest absolute Gasteiger partial charge is 0.378 e. The molecule has 0 bridgehead atoms. The molecule has 0 radical (unpaired) electrons. The molecule has 2 aromatic carbocycles. The molecule has 2 heterocycles. The highest BCUT2D eigenvalue weighted by Crippen LogP contribution is 2.36. The number of nitrogens with one attached hydrogen (secondary N) is 2. The Hall–Kier alpha value is -3.48. The average Bonchev–Trinajstić information content (AvgIpc) is 3.45. The Morgan fingerprint density at radius 1 is 0.956 bits per heavy atom. The molecule has 2 aromatic rings. The summed E-state index contributed by atoms with van der Waals surface area (Å²) < 4.78 is 50.3. The summed E-state index contributed by atoms with van der Waals surface area (Å²) in [5.74, 6) is -0.701. The van der Waals surface area contributed by atoms with Crippen LogP contribution in [0, 0.1) is 0 Å². The number of hydrogen-bond donors (Lipinski definition) is 2. The number of morpholine rings is 1. The van der Waals surface area contributed by atoms with Crippen molar-refractivity contribution in [3.63, 3.8) is 0 Å². The molecule has 2 atom stereocenters. The van der Waals surface area contributed by atoms with Crippen LogP contribution in [-0.4, -0.2) is 98.3 Å². The number of carbonyl (C=O) groups is 3. The Morgan fingerprint density at radius 2 is 1.67 bits per heavy atom. The van der Waals surface area contributed by atoms with E-state index in [0.29, 0.717) is 63.5 Å². The fraction of sp³-hybridized carbons (Fsp3) is 0.545. The number of ether oxygens (including phenoxy) is 2. The molecule has 2 aliphatic heterocycles. The highest BCUT2D eigenvalue weighted by Gasteiger charge is 2.39. The van der Waals surface area contributed by atoms with E-state index in [1.54, 1.807) is 0 Å². The van der Waals surface area contributed by atoms with E-state index in [9.17, 15) is 27.6 Å². The molecule has 3 aliphatic rings. The number of halogens is 3. The van der Waals surface area contributed by atoms with E-state index in [1.807, 2.05) is 24.0 Å². The number of hydrogen-bond acceptors (Lipinski definition) is 6. The Kier molecular flexibility index (Phi) is 10.8. The highest BCUT2D eigenvalue weighted by atomic mass is 19.4. The fourth-order valence-electron chi connectivity index (χ4n) is 6.60. The van der Waals surface area contributed by atoms with Gasteiger partial charge in [0.15, 0.2) is 0 Å². The second-order valence-electron chi connectivity index (χ2n) is 11.9. The van der Waals surface area contributed by atoms with E-state index in [2.05, 4.69) is 27.7 Å². The summed E-state index contributed by atoms with van der Waals surface area (Å²) >= 11 is 0. The standard InChI is InChI=1S/C33H41F3N4O5/c1-2-45-29-21-40(20-28(29)38-30(41)19-37-31(42)25-4-3-5-26(18-25)33(34,35)36)27-12-10-23(11-13-27)22-6-8-24(9-7-22)32(43)39-14-16-44-17-15-39/h3-9,18,23,27-29H,2,10-17,19-21H2,1H3,(H,37,42)(H,38,41)/t23?,27?,28-,29-/m0/s1. The van der Waals surface area contributed by atoms with Gasteiger partial charge in [0.25, 0.3) is 11.8 Å². The van der Waals surface area contributed by atoms with E-state index in [-0.39, 0.29) is 30.2 Å². The number of carbonyl (C=O) groups excluding carboxylic acids is 3. The quantitative estimate of drug-likeness (QED) is 0.437. The molecular weight excluding hydrogens is 589 g/mol. The molecule has 3 amide bonds. The predicted octanol–water partition coefficient (Wildman–Crippen LogP) is 3.84. The first-order chi connectivity index (χ1) is 21.6. The lowest BCUT2D eigenvalue weighted by atomic mass is 9.81. The average molecular weight is 631 g/mol. The Balaban J connectivity index is 1.09. The van der Waals surface area contributed by atoms with Gasteiger partial charge in [0.1, 0.15) is 0 Å². The number of rotatable bonds is 9. The lowest BCUT2D eigenvalue weighted by molar-refractivity contribution is -0.137. The first kappa shape index (κ1) is 32.9. The Morgan fingerprint density at radius 3 is 2.33 bits per heavy atom.